The second-order valence-electron chi connectivity index (χ2n) is 8.91. The number of nitrogens with zero attached hydrogens (tertiary/aromatic N) is 2. The Kier molecular flexibility index (Phi) is 8.28. The number of anilines is 2. The molecule has 0 aliphatic carbocycles. The van der Waals surface area contributed by atoms with Gasteiger partial charge < -0.3 is 24.7 Å². The Bertz CT molecular complexity index is 1180. The molecule has 0 bridgehead atoms. The first kappa shape index (κ1) is 25.2. The molecule has 0 unspecified atom stereocenters. The van der Waals surface area contributed by atoms with Crippen LogP contribution in [0.4, 0.5) is 11.4 Å². The maximum Gasteiger partial charge on any atom is 0.356 e. The van der Waals surface area contributed by atoms with Crippen LogP contribution in [0.15, 0.2) is 30.5 Å². The number of carbonyl (C=O) groups excluding carboxylic acids is 2. The van der Waals surface area contributed by atoms with Crippen LogP contribution >= 0.6 is 0 Å². The van der Waals surface area contributed by atoms with E-state index in [1.807, 2.05) is 10.6 Å². The van der Waals surface area contributed by atoms with Crippen LogP contribution in [0.3, 0.4) is 0 Å². The second kappa shape index (κ2) is 11.2. The van der Waals surface area contributed by atoms with E-state index >= 15 is 0 Å². The molecule has 0 saturated heterocycles. The number of aromatic nitrogens is 2. The van der Waals surface area contributed by atoms with Crippen molar-refractivity contribution in [3.8, 4) is 0 Å². The van der Waals surface area contributed by atoms with Gasteiger partial charge in [-0.15, -0.1) is 0 Å². The zero-order chi connectivity index (χ0) is 24.8. The maximum atomic E-state index is 12.8. The molecule has 1 aromatic carbocycles. The molecule has 34 heavy (non-hydrogen) atoms. The highest BCUT2D eigenvalue weighted by atomic mass is 16.5. The van der Waals surface area contributed by atoms with Crippen molar-refractivity contribution in [2.24, 2.45) is 5.92 Å². The standard InChI is InChI=1S/C26H34N4O4/c1-16(2)9-10-30-24(26(32)34-6)23(29-22(31)15-33-5)21-12-20(14-28-25(21)30)27-13-19-11-17(3)7-8-18(19)4/h7-8,11-12,14,16,27H,9-10,13,15H2,1-6H3,(H,29,31). The topological polar surface area (TPSA) is 94.5 Å². The van der Waals surface area contributed by atoms with Crippen molar-refractivity contribution < 1.29 is 19.1 Å². The summed E-state index contributed by atoms with van der Waals surface area (Å²) in [7, 11) is 2.78. The van der Waals surface area contributed by atoms with Crippen molar-refractivity contribution in [1.29, 1.82) is 0 Å². The Hall–Kier alpha value is -3.39. The fourth-order valence-electron chi connectivity index (χ4n) is 3.86. The number of benzene rings is 1. The molecule has 8 nitrogen and oxygen atoms in total. The number of rotatable bonds is 10. The monoisotopic (exact) mass is 466 g/mol. The first-order chi connectivity index (χ1) is 16.2. The molecule has 182 valence electrons. The number of nitrogens with one attached hydrogen (secondary N) is 2. The predicted octanol–water partition coefficient (Wildman–Crippen LogP) is 4.68. The molecule has 8 heteroatoms. The average molecular weight is 467 g/mol. The highest BCUT2D eigenvalue weighted by Gasteiger charge is 2.26. The van der Waals surface area contributed by atoms with Crippen molar-refractivity contribution in [3.63, 3.8) is 0 Å². The summed E-state index contributed by atoms with van der Waals surface area (Å²) >= 11 is 0. The van der Waals surface area contributed by atoms with Crippen LogP contribution in [0, 0.1) is 19.8 Å². The minimum Gasteiger partial charge on any atom is -0.464 e. The van der Waals surface area contributed by atoms with E-state index in [9.17, 15) is 9.59 Å². The van der Waals surface area contributed by atoms with E-state index in [-0.39, 0.29) is 18.2 Å². The molecule has 2 N–H and O–H groups in total. The number of amides is 1. The number of methoxy groups -OCH3 is 2. The number of esters is 1. The zero-order valence-electron chi connectivity index (χ0n) is 20.8. The lowest BCUT2D eigenvalue weighted by Crippen LogP contribution is -2.20. The van der Waals surface area contributed by atoms with Gasteiger partial charge in [-0.05, 0) is 43.4 Å². The van der Waals surface area contributed by atoms with Crippen LogP contribution in [0.1, 0.15) is 47.4 Å². The lowest BCUT2D eigenvalue weighted by Gasteiger charge is -2.12. The van der Waals surface area contributed by atoms with Gasteiger partial charge in [0.1, 0.15) is 12.3 Å². The fourth-order valence-corrected chi connectivity index (χ4v) is 3.86. The van der Waals surface area contributed by atoms with Gasteiger partial charge in [0.15, 0.2) is 5.69 Å². The van der Waals surface area contributed by atoms with Crippen LogP contribution in [0.2, 0.25) is 0 Å². The first-order valence-electron chi connectivity index (χ1n) is 11.4. The summed E-state index contributed by atoms with van der Waals surface area (Å²) < 4.78 is 11.9. The largest absolute Gasteiger partial charge is 0.464 e. The summed E-state index contributed by atoms with van der Waals surface area (Å²) in [5.41, 5.74) is 5.66. The summed E-state index contributed by atoms with van der Waals surface area (Å²) in [6.45, 7) is 9.46. The number of hydrogen-bond acceptors (Lipinski definition) is 6. The number of ether oxygens (including phenoxy) is 2. The Morgan fingerprint density at radius 1 is 1.15 bits per heavy atom. The smallest absolute Gasteiger partial charge is 0.356 e. The van der Waals surface area contributed by atoms with E-state index < -0.39 is 5.97 Å². The zero-order valence-corrected chi connectivity index (χ0v) is 20.8. The number of aryl methyl sites for hydroxylation is 3. The quantitative estimate of drug-likeness (QED) is 0.421. The van der Waals surface area contributed by atoms with Gasteiger partial charge >= 0.3 is 5.97 Å². The molecule has 0 radical (unpaired) electrons. The lowest BCUT2D eigenvalue weighted by molar-refractivity contribution is -0.119. The Balaban J connectivity index is 2.07. The predicted molar refractivity (Wildman–Crippen MR) is 134 cm³/mol. The van der Waals surface area contributed by atoms with Gasteiger partial charge in [0.2, 0.25) is 5.91 Å². The van der Waals surface area contributed by atoms with Gasteiger partial charge in [-0.3, -0.25) is 4.79 Å². The van der Waals surface area contributed by atoms with E-state index in [1.54, 1.807) is 6.20 Å². The summed E-state index contributed by atoms with van der Waals surface area (Å²) in [5.74, 6) is -0.461. The molecule has 3 rings (SSSR count). The van der Waals surface area contributed by atoms with Gasteiger partial charge in [-0.2, -0.15) is 0 Å². The van der Waals surface area contributed by atoms with E-state index in [0.717, 1.165) is 12.1 Å². The van der Waals surface area contributed by atoms with Crippen LogP contribution in [-0.2, 0) is 27.4 Å². The van der Waals surface area contributed by atoms with Crippen LogP contribution in [0.25, 0.3) is 11.0 Å². The van der Waals surface area contributed by atoms with Crippen molar-refractivity contribution in [2.75, 3.05) is 31.5 Å². The van der Waals surface area contributed by atoms with Crippen LogP contribution in [-0.4, -0.2) is 42.3 Å². The highest BCUT2D eigenvalue weighted by Crippen LogP contribution is 2.33. The van der Waals surface area contributed by atoms with E-state index in [4.69, 9.17) is 9.47 Å². The third-order valence-corrected chi connectivity index (χ3v) is 5.73. The molecule has 2 heterocycles. The summed E-state index contributed by atoms with van der Waals surface area (Å²) in [6.07, 6.45) is 2.59. The van der Waals surface area contributed by atoms with Gasteiger partial charge in [-0.25, -0.2) is 9.78 Å². The maximum absolute atomic E-state index is 12.8. The van der Waals surface area contributed by atoms with Gasteiger partial charge in [0.25, 0.3) is 0 Å². The number of carbonyl (C=O) groups is 2. The molecular formula is C26H34N4O4. The molecule has 0 aliphatic rings. The van der Waals surface area contributed by atoms with Gasteiger partial charge in [0.05, 0.1) is 24.7 Å². The molecule has 0 saturated carbocycles. The highest BCUT2D eigenvalue weighted by molar-refractivity contribution is 6.11. The lowest BCUT2D eigenvalue weighted by atomic mass is 10.1. The number of fused-ring (bicyclic) bond motifs is 1. The third-order valence-electron chi connectivity index (χ3n) is 5.73. The normalized spacial score (nSPS) is 11.1. The molecule has 0 aliphatic heterocycles. The third kappa shape index (κ3) is 5.75. The molecular weight excluding hydrogens is 432 g/mol. The molecule has 1 amide bonds. The Morgan fingerprint density at radius 2 is 1.91 bits per heavy atom. The molecule has 0 fully saturated rings. The van der Waals surface area contributed by atoms with E-state index in [2.05, 4.69) is 61.5 Å². The van der Waals surface area contributed by atoms with Crippen molar-refractivity contribution >= 4 is 34.3 Å². The first-order valence-corrected chi connectivity index (χ1v) is 11.4. The average Bonchev–Trinajstić information content (AvgIpc) is 3.10. The van der Waals surface area contributed by atoms with Crippen molar-refractivity contribution in [3.05, 3.63) is 52.8 Å². The summed E-state index contributed by atoms with van der Waals surface area (Å²) in [6, 6.07) is 8.26. The minimum absolute atomic E-state index is 0.128. The van der Waals surface area contributed by atoms with Crippen LogP contribution < -0.4 is 10.6 Å². The fraction of sp³-hybridized carbons (Fsp3) is 0.423. The minimum atomic E-state index is -0.528. The SMILES string of the molecule is COCC(=O)Nc1c(C(=O)OC)n(CCC(C)C)c2ncc(NCc3cc(C)ccc3C)cc12. The molecule has 3 aromatic rings. The molecule has 0 spiro atoms. The molecule has 0 atom stereocenters. The Labute approximate surface area is 200 Å². The van der Waals surface area contributed by atoms with Crippen molar-refractivity contribution in [1.82, 2.24) is 9.55 Å². The molecule has 2 aromatic heterocycles. The van der Waals surface area contributed by atoms with E-state index in [1.165, 1.54) is 30.9 Å². The summed E-state index contributed by atoms with van der Waals surface area (Å²) in [5, 5.41) is 6.93. The van der Waals surface area contributed by atoms with Gasteiger partial charge in [0, 0.05) is 25.6 Å². The van der Waals surface area contributed by atoms with Crippen LogP contribution in [0.5, 0.6) is 0 Å². The Morgan fingerprint density at radius 3 is 2.59 bits per heavy atom. The number of pyridine rings is 1. The second-order valence-corrected chi connectivity index (χ2v) is 8.91. The summed E-state index contributed by atoms with van der Waals surface area (Å²) in [4.78, 5) is 29.9. The van der Waals surface area contributed by atoms with Gasteiger partial charge in [-0.1, -0.05) is 37.6 Å². The van der Waals surface area contributed by atoms with E-state index in [0.29, 0.717) is 35.7 Å². The number of hydrogen-bond donors (Lipinski definition) is 2. The van der Waals surface area contributed by atoms with Crippen molar-refractivity contribution in [2.45, 2.75) is 47.2 Å².